The van der Waals surface area contributed by atoms with E-state index in [9.17, 15) is 0 Å². The first-order valence-corrected chi connectivity index (χ1v) is 11.6. The largest absolute Gasteiger partial charge is 0.399 e. The predicted molar refractivity (Wildman–Crippen MR) is 144 cm³/mol. The number of rotatable bonds is 12. The molecule has 0 radical (unpaired) electrons. The topological polar surface area (TPSA) is 78.0 Å². The SMILES string of the molecule is CCCCCCCCCCCN=C1NC(N(C)Cc2ccc(N)cc2)=NC(C)(C)N1.Cl.Cl. The molecule has 0 bridgehead atoms. The van der Waals surface area contributed by atoms with Gasteiger partial charge in [-0.05, 0) is 38.0 Å². The quantitative estimate of drug-likeness (QED) is 0.260. The van der Waals surface area contributed by atoms with E-state index < -0.39 is 0 Å². The normalized spacial score (nSPS) is 15.6. The molecule has 0 saturated heterocycles. The predicted octanol–water partition coefficient (Wildman–Crippen LogP) is 5.72. The first-order chi connectivity index (χ1) is 14.4. The summed E-state index contributed by atoms with van der Waals surface area (Å²) < 4.78 is 0. The summed E-state index contributed by atoms with van der Waals surface area (Å²) in [5.41, 5.74) is 7.39. The highest BCUT2D eigenvalue weighted by molar-refractivity contribution is 6.00. The molecule has 0 amide bonds. The van der Waals surface area contributed by atoms with Gasteiger partial charge in [-0.3, -0.25) is 10.3 Å². The molecule has 32 heavy (non-hydrogen) atoms. The van der Waals surface area contributed by atoms with Crippen molar-refractivity contribution < 1.29 is 0 Å². The van der Waals surface area contributed by atoms with Gasteiger partial charge in [0.15, 0.2) is 5.96 Å². The van der Waals surface area contributed by atoms with E-state index in [1.807, 2.05) is 19.2 Å². The van der Waals surface area contributed by atoms with Crippen molar-refractivity contribution in [2.24, 2.45) is 9.98 Å². The van der Waals surface area contributed by atoms with Crippen molar-refractivity contribution in [3.63, 3.8) is 0 Å². The lowest BCUT2D eigenvalue weighted by Gasteiger charge is -2.34. The van der Waals surface area contributed by atoms with Crippen LogP contribution in [-0.4, -0.2) is 36.1 Å². The molecule has 0 fully saturated rings. The summed E-state index contributed by atoms with van der Waals surface area (Å²) in [7, 11) is 2.04. The number of aliphatic imine (C=N–C) groups is 2. The van der Waals surface area contributed by atoms with Crippen LogP contribution in [0.15, 0.2) is 34.3 Å². The van der Waals surface area contributed by atoms with Crippen molar-refractivity contribution in [1.29, 1.82) is 0 Å². The molecule has 4 N–H and O–H groups in total. The van der Waals surface area contributed by atoms with E-state index in [0.29, 0.717) is 0 Å². The Kier molecular flexibility index (Phi) is 15.2. The summed E-state index contributed by atoms with van der Waals surface area (Å²) >= 11 is 0. The Hall–Kier alpha value is -1.66. The summed E-state index contributed by atoms with van der Waals surface area (Å²) in [5.74, 6) is 1.65. The highest BCUT2D eigenvalue weighted by atomic mass is 35.5. The number of nitrogens with two attached hydrogens (primary N) is 1. The van der Waals surface area contributed by atoms with Gasteiger partial charge in [-0.15, -0.1) is 24.8 Å². The van der Waals surface area contributed by atoms with Gasteiger partial charge < -0.3 is 16.0 Å². The first-order valence-electron chi connectivity index (χ1n) is 11.6. The van der Waals surface area contributed by atoms with E-state index >= 15 is 0 Å². The maximum Gasteiger partial charge on any atom is 0.203 e. The Labute approximate surface area is 207 Å². The maximum absolute atomic E-state index is 5.79. The molecule has 0 aromatic heterocycles. The minimum absolute atomic E-state index is 0. The standard InChI is InChI=1S/C24H42N6.2ClH/c1-5-6-7-8-9-10-11-12-13-18-26-22-27-23(29-24(2,3)28-22)30(4)19-20-14-16-21(25)17-15-20;;/h14-17H,5-13,18-19,25H2,1-4H3,(H2,26,27,28,29);2*1H. The van der Waals surface area contributed by atoms with Gasteiger partial charge in [-0.1, -0.05) is 70.4 Å². The Bertz CT molecular complexity index is 688. The third-order valence-corrected chi connectivity index (χ3v) is 5.33. The molecule has 0 aliphatic carbocycles. The van der Waals surface area contributed by atoms with Gasteiger partial charge in [0, 0.05) is 25.8 Å². The van der Waals surface area contributed by atoms with E-state index in [1.165, 1.54) is 56.9 Å². The molecule has 0 spiro atoms. The molecule has 1 aromatic rings. The Morgan fingerprint density at radius 1 is 0.938 bits per heavy atom. The molecule has 6 nitrogen and oxygen atoms in total. The number of anilines is 1. The highest BCUT2D eigenvalue weighted by Gasteiger charge is 2.26. The van der Waals surface area contributed by atoms with E-state index in [-0.39, 0.29) is 30.5 Å². The van der Waals surface area contributed by atoms with Crippen LogP contribution in [0.5, 0.6) is 0 Å². The smallest absolute Gasteiger partial charge is 0.203 e. The van der Waals surface area contributed by atoms with E-state index in [4.69, 9.17) is 15.7 Å². The van der Waals surface area contributed by atoms with Crippen molar-refractivity contribution in [3.8, 4) is 0 Å². The van der Waals surface area contributed by atoms with Crippen molar-refractivity contribution in [1.82, 2.24) is 15.5 Å². The van der Waals surface area contributed by atoms with E-state index in [0.717, 1.165) is 37.1 Å². The molecule has 0 unspecified atom stereocenters. The van der Waals surface area contributed by atoms with Crippen LogP contribution in [0.3, 0.4) is 0 Å². The van der Waals surface area contributed by atoms with Crippen LogP contribution in [0.2, 0.25) is 0 Å². The van der Waals surface area contributed by atoms with Gasteiger partial charge in [0.25, 0.3) is 0 Å². The number of hydrogen-bond acceptors (Lipinski definition) is 4. The van der Waals surface area contributed by atoms with Gasteiger partial charge >= 0.3 is 0 Å². The minimum atomic E-state index is -0.382. The maximum atomic E-state index is 5.79. The van der Waals surface area contributed by atoms with Crippen LogP contribution in [0, 0.1) is 0 Å². The Morgan fingerprint density at radius 2 is 1.50 bits per heavy atom. The molecule has 8 heteroatoms. The van der Waals surface area contributed by atoms with Crippen LogP contribution in [-0.2, 0) is 6.54 Å². The number of guanidine groups is 2. The summed E-state index contributed by atoms with van der Waals surface area (Å²) in [6.45, 7) is 8.01. The average Bonchev–Trinajstić information content (AvgIpc) is 2.70. The van der Waals surface area contributed by atoms with Gasteiger partial charge in [0.2, 0.25) is 5.96 Å². The second kappa shape index (κ2) is 16.0. The number of halogens is 2. The van der Waals surface area contributed by atoms with Gasteiger partial charge in [0.05, 0.1) is 0 Å². The second-order valence-electron chi connectivity index (χ2n) is 8.90. The zero-order chi connectivity index (χ0) is 21.8. The van der Waals surface area contributed by atoms with Crippen LogP contribution in [0.4, 0.5) is 5.69 Å². The molecule has 184 valence electrons. The van der Waals surface area contributed by atoms with Crippen molar-refractivity contribution in [2.45, 2.75) is 90.8 Å². The third-order valence-electron chi connectivity index (χ3n) is 5.33. The van der Waals surface area contributed by atoms with Crippen LogP contribution in [0.1, 0.15) is 84.1 Å². The lowest BCUT2D eigenvalue weighted by molar-refractivity contribution is 0.420. The third kappa shape index (κ3) is 11.8. The van der Waals surface area contributed by atoms with Gasteiger partial charge in [-0.25, -0.2) is 4.99 Å². The Morgan fingerprint density at radius 3 is 2.09 bits per heavy atom. The molecule has 1 aromatic carbocycles. The van der Waals surface area contributed by atoms with E-state index in [1.54, 1.807) is 0 Å². The zero-order valence-electron chi connectivity index (χ0n) is 20.3. The molecule has 1 heterocycles. The lowest BCUT2D eigenvalue weighted by Crippen LogP contribution is -2.59. The zero-order valence-corrected chi connectivity index (χ0v) is 22.0. The fraction of sp³-hybridized carbons (Fsp3) is 0.667. The molecule has 1 aliphatic rings. The lowest BCUT2D eigenvalue weighted by atomic mass is 10.1. The molecular weight excluding hydrogens is 443 g/mol. The Balaban J connectivity index is 0.00000480. The number of hydrogen-bond donors (Lipinski definition) is 3. The monoisotopic (exact) mass is 486 g/mol. The number of nitrogen functional groups attached to an aromatic ring is 1. The summed E-state index contributed by atoms with van der Waals surface area (Å²) in [4.78, 5) is 11.7. The van der Waals surface area contributed by atoms with Crippen LogP contribution >= 0.6 is 24.8 Å². The fourth-order valence-corrected chi connectivity index (χ4v) is 3.59. The second-order valence-corrected chi connectivity index (χ2v) is 8.90. The van der Waals surface area contributed by atoms with Crippen molar-refractivity contribution in [2.75, 3.05) is 19.3 Å². The molecular formula is C24H44Cl2N6. The molecule has 2 rings (SSSR count). The van der Waals surface area contributed by atoms with Crippen molar-refractivity contribution >= 4 is 42.4 Å². The number of nitrogens with one attached hydrogen (secondary N) is 2. The highest BCUT2D eigenvalue weighted by Crippen LogP contribution is 2.13. The van der Waals surface area contributed by atoms with Gasteiger partial charge in [-0.2, -0.15) is 0 Å². The number of benzene rings is 1. The van der Waals surface area contributed by atoms with Crippen LogP contribution < -0.4 is 16.4 Å². The molecule has 0 atom stereocenters. The summed E-state index contributed by atoms with van der Waals surface area (Å²) in [6.07, 6.45) is 11.9. The average molecular weight is 488 g/mol. The minimum Gasteiger partial charge on any atom is -0.399 e. The van der Waals surface area contributed by atoms with Crippen molar-refractivity contribution in [3.05, 3.63) is 29.8 Å². The number of nitrogens with zero attached hydrogens (tertiary/aromatic N) is 3. The van der Waals surface area contributed by atoms with E-state index in [2.05, 4.69) is 48.4 Å². The molecule has 1 aliphatic heterocycles. The number of unbranched alkanes of at least 4 members (excludes halogenated alkanes) is 8. The fourth-order valence-electron chi connectivity index (χ4n) is 3.59. The summed E-state index contributed by atoms with van der Waals surface area (Å²) in [6, 6.07) is 7.97. The first kappa shape index (κ1) is 30.3. The summed E-state index contributed by atoms with van der Waals surface area (Å²) in [5, 5.41) is 6.75. The van der Waals surface area contributed by atoms with Crippen LogP contribution in [0.25, 0.3) is 0 Å². The molecule has 0 saturated carbocycles. The van der Waals surface area contributed by atoms with Gasteiger partial charge in [0.1, 0.15) is 5.66 Å².